The monoisotopic (exact) mass is 246 g/mol. The van der Waals surface area contributed by atoms with E-state index in [1.165, 1.54) is 11.3 Å². The normalized spacial score (nSPS) is 9.67. The lowest BCUT2D eigenvalue weighted by atomic mass is 10.4. The van der Waals surface area contributed by atoms with Gasteiger partial charge in [0.25, 0.3) is 5.91 Å². The van der Waals surface area contributed by atoms with Gasteiger partial charge in [-0.1, -0.05) is 6.07 Å². The predicted molar refractivity (Wildman–Crippen MR) is 60.4 cm³/mol. The van der Waals surface area contributed by atoms with Crippen LogP contribution < -0.4 is 10.6 Å². The number of hydrogen-bond donors (Lipinski definition) is 2. The summed E-state index contributed by atoms with van der Waals surface area (Å²) in [7, 11) is 0. The average molecular weight is 247 g/mol. The number of rotatable bonds is 5. The molecule has 0 aliphatic heterocycles. The topological polar surface area (TPSA) is 58.2 Å². The molecule has 0 aliphatic carbocycles. The number of carbonyl (C=O) groups is 2. The highest BCUT2D eigenvalue weighted by atomic mass is 35.5. The first-order chi connectivity index (χ1) is 7.24. The third-order valence-electron chi connectivity index (χ3n) is 1.60. The summed E-state index contributed by atoms with van der Waals surface area (Å²) >= 11 is 6.66. The highest BCUT2D eigenvalue weighted by Crippen LogP contribution is 2.07. The number of nitrogens with one attached hydrogen (secondary N) is 2. The first kappa shape index (κ1) is 12.0. The first-order valence-electron chi connectivity index (χ1n) is 4.38. The molecule has 6 heteroatoms. The van der Waals surface area contributed by atoms with E-state index in [9.17, 15) is 9.59 Å². The second-order valence-electron chi connectivity index (χ2n) is 2.72. The van der Waals surface area contributed by atoms with E-state index in [4.69, 9.17) is 11.6 Å². The predicted octanol–water partition coefficient (Wildman–Crippen LogP) is 0.833. The summed E-state index contributed by atoms with van der Waals surface area (Å²) in [6.07, 6.45) is 0. The summed E-state index contributed by atoms with van der Waals surface area (Å²) in [5, 5.41) is 7.07. The fraction of sp³-hybridized carbons (Fsp3) is 0.333. The van der Waals surface area contributed by atoms with E-state index < -0.39 is 0 Å². The number of hydrogen-bond acceptors (Lipinski definition) is 3. The minimum absolute atomic E-state index is 0.0567. The summed E-state index contributed by atoms with van der Waals surface area (Å²) in [5.41, 5.74) is 0. The molecule has 2 amide bonds. The van der Waals surface area contributed by atoms with Crippen molar-refractivity contribution in [3.8, 4) is 0 Å². The van der Waals surface area contributed by atoms with E-state index >= 15 is 0 Å². The molecule has 4 nitrogen and oxygen atoms in total. The Hall–Kier alpha value is -1.07. The van der Waals surface area contributed by atoms with Crippen molar-refractivity contribution in [1.29, 1.82) is 0 Å². The maximum atomic E-state index is 11.4. The summed E-state index contributed by atoms with van der Waals surface area (Å²) < 4.78 is 0. The fourth-order valence-corrected chi connectivity index (χ4v) is 1.65. The lowest BCUT2D eigenvalue weighted by Crippen LogP contribution is -2.34. The van der Waals surface area contributed by atoms with Gasteiger partial charge in [0.05, 0.1) is 4.88 Å². The van der Waals surface area contributed by atoms with Gasteiger partial charge < -0.3 is 10.6 Å². The van der Waals surface area contributed by atoms with Gasteiger partial charge in [0.2, 0.25) is 5.91 Å². The van der Waals surface area contributed by atoms with Crippen LogP contribution in [0.2, 0.25) is 0 Å². The maximum Gasteiger partial charge on any atom is 0.261 e. The molecule has 0 radical (unpaired) electrons. The largest absolute Gasteiger partial charge is 0.353 e. The molecule has 0 aromatic carbocycles. The Balaban J connectivity index is 2.16. The molecule has 1 aromatic rings. The minimum atomic E-state index is -0.234. The molecule has 0 bridgehead atoms. The molecule has 15 heavy (non-hydrogen) atoms. The van der Waals surface area contributed by atoms with Crippen LogP contribution in [0.5, 0.6) is 0 Å². The molecule has 2 N–H and O–H groups in total. The molecule has 0 saturated heterocycles. The van der Waals surface area contributed by atoms with E-state index in [2.05, 4.69) is 10.6 Å². The Labute approximate surface area is 96.6 Å². The molecular formula is C9H11ClN2O2S. The van der Waals surface area contributed by atoms with Crippen molar-refractivity contribution in [3.63, 3.8) is 0 Å². The third-order valence-corrected chi connectivity index (χ3v) is 2.71. The van der Waals surface area contributed by atoms with Gasteiger partial charge in [0.15, 0.2) is 0 Å². The van der Waals surface area contributed by atoms with Gasteiger partial charge >= 0.3 is 0 Å². The van der Waals surface area contributed by atoms with Gasteiger partial charge in [-0.05, 0) is 11.4 Å². The van der Waals surface area contributed by atoms with Crippen LogP contribution in [-0.4, -0.2) is 30.8 Å². The molecule has 0 unspecified atom stereocenters. The summed E-state index contributed by atoms with van der Waals surface area (Å²) in [5.74, 6) is -0.411. The van der Waals surface area contributed by atoms with Crippen molar-refractivity contribution in [3.05, 3.63) is 22.4 Å². The second kappa shape index (κ2) is 6.42. The lowest BCUT2D eigenvalue weighted by molar-refractivity contribution is -0.118. The molecule has 0 spiro atoms. The quantitative estimate of drug-likeness (QED) is 0.597. The van der Waals surface area contributed by atoms with E-state index in [0.29, 0.717) is 18.0 Å². The zero-order chi connectivity index (χ0) is 11.1. The standard InChI is InChI=1S/C9H11ClN2O2S/c10-6-8(13)11-3-4-12-9(14)7-2-1-5-15-7/h1-2,5H,3-4,6H2,(H,11,13)(H,12,14). The molecule has 1 heterocycles. The smallest absolute Gasteiger partial charge is 0.261 e. The van der Waals surface area contributed by atoms with Crippen LogP contribution in [0.4, 0.5) is 0 Å². The van der Waals surface area contributed by atoms with E-state index in [1.807, 2.05) is 11.4 Å². The number of amides is 2. The van der Waals surface area contributed by atoms with E-state index in [1.54, 1.807) is 6.07 Å². The number of thiophene rings is 1. The Morgan fingerprint density at radius 3 is 2.67 bits per heavy atom. The average Bonchev–Trinajstić information content (AvgIpc) is 2.77. The van der Waals surface area contributed by atoms with Crippen LogP contribution in [0.1, 0.15) is 9.67 Å². The maximum absolute atomic E-state index is 11.4. The highest BCUT2D eigenvalue weighted by molar-refractivity contribution is 7.12. The Bertz CT molecular complexity index is 327. The van der Waals surface area contributed by atoms with Crippen molar-refractivity contribution >= 4 is 34.8 Å². The van der Waals surface area contributed by atoms with Crippen LogP contribution in [0, 0.1) is 0 Å². The van der Waals surface area contributed by atoms with Crippen LogP contribution >= 0.6 is 22.9 Å². The molecule has 82 valence electrons. The van der Waals surface area contributed by atoms with Crippen molar-refractivity contribution in [2.75, 3.05) is 19.0 Å². The molecule has 0 aliphatic rings. The fourth-order valence-electron chi connectivity index (χ4n) is 0.920. The molecule has 0 saturated carbocycles. The molecule has 0 fully saturated rings. The number of alkyl halides is 1. The Morgan fingerprint density at radius 1 is 1.33 bits per heavy atom. The zero-order valence-corrected chi connectivity index (χ0v) is 9.53. The van der Waals surface area contributed by atoms with E-state index in [-0.39, 0.29) is 17.7 Å². The van der Waals surface area contributed by atoms with Crippen molar-refractivity contribution in [1.82, 2.24) is 10.6 Å². The number of carbonyl (C=O) groups excluding carboxylic acids is 2. The van der Waals surface area contributed by atoms with Crippen molar-refractivity contribution in [2.24, 2.45) is 0 Å². The van der Waals surface area contributed by atoms with Crippen LogP contribution in [0.25, 0.3) is 0 Å². The first-order valence-corrected chi connectivity index (χ1v) is 5.80. The molecule has 0 atom stereocenters. The zero-order valence-electron chi connectivity index (χ0n) is 7.96. The minimum Gasteiger partial charge on any atom is -0.353 e. The lowest BCUT2D eigenvalue weighted by Gasteiger charge is -2.04. The Kier molecular flexibility index (Phi) is 5.14. The van der Waals surface area contributed by atoms with Gasteiger partial charge in [-0.15, -0.1) is 22.9 Å². The van der Waals surface area contributed by atoms with Crippen LogP contribution in [0.15, 0.2) is 17.5 Å². The molecule has 1 aromatic heterocycles. The van der Waals surface area contributed by atoms with Gasteiger partial charge in [0.1, 0.15) is 5.88 Å². The van der Waals surface area contributed by atoms with E-state index in [0.717, 1.165) is 0 Å². The van der Waals surface area contributed by atoms with Gasteiger partial charge in [-0.25, -0.2) is 0 Å². The Morgan fingerprint density at radius 2 is 2.07 bits per heavy atom. The summed E-state index contributed by atoms with van der Waals surface area (Å²) in [6.45, 7) is 0.794. The number of halogens is 1. The van der Waals surface area contributed by atoms with Gasteiger partial charge in [0, 0.05) is 13.1 Å². The van der Waals surface area contributed by atoms with Gasteiger partial charge in [-0.2, -0.15) is 0 Å². The summed E-state index contributed by atoms with van der Waals surface area (Å²) in [6, 6.07) is 3.56. The highest BCUT2D eigenvalue weighted by Gasteiger charge is 2.04. The molecule has 1 rings (SSSR count). The second-order valence-corrected chi connectivity index (χ2v) is 3.93. The van der Waals surface area contributed by atoms with Crippen molar-refractivity contribution in [2.45, 2.75) is 0 Å². The third kappa shape index (κ3) is 4.31. The van der Waals surface area contributed by atoms with Gasteiger partial charge in [-0.3, -0.25) is 9.59 Å². The van der Waals surface area contributed by atoms with Crippen LogP contribution in [0.3, 0.4) is 0 Å². The SMILES string of the molecule is O=C(CCl)NCCNC(=O)c1cccs1. The van der Waals surface area contributed by atoms with Crippen LogP contribution in [-0.2, 0) is 4.79 Å². The van der Waals surface area contributed by atoms with Crippen molar-refractivity contribution < 1.29 is 9.59 Å². The summed E-state index contributed by atoms with van der Waals surface area (Å²) in [4.78, 5) is 22.8. The molecular weight excluding hydrogens is 236 g/mol.